The summed E-state index contributed by atoms with van der Waals surface area (Å²) in [5.74, 6) is 0.402. The van der Waals surface area contributed by atoms with Gasteiger partial charge in [-0.25, -0.2) is 4.79 Å². The number of carbonyl (C=O) groups is 2. The summed E-state index contributed by atoms with van der Waals surface area (Å²) in [6.07, 6.45) is 1.90. The number of methoxy groups -OCH3 is 1. The van der Waals surface area contributed by atoms with Crippen LogP contribution in [0.1, 0.15) is 41.7 Å². The van der Waals surface area contributed by atoms with Crippen LogP contribution >= 0.6 is 0 Å². The lowest BCUT2D eigenvalue weighted by molar-refractivity contribution is -0.130. The van der Waals surface area contributed by atoms with Crippen molar-refractivity contribution in [3.63, 3.8) is 0 Å². The van der Waals surface area contributed by atoms with Gasteiger partial charge in [-0.3, -0.25) is 4.79 Å². The van der Waals surface area contributed by atoms with Gasteiger partial charge in [0.1, 0.15) is 0 Å². The first-order valence-corrected chi connectivity index (χ1v) is 7.28. The second kappa shape index (κ2) is 5.15. The molecular formula is C16H20N2O3. The molecule has 112 valence electrons. The van der Waals surface area contributed by atoms with Crippen LogP contribution in [-0.4, -0.2) is 31.1 Å². The van der Waals surface area contributed by atoms with E-state index in [1.807, 2.05) is 19.1 Å². The minimum Gasteiger partial charge on any atom is -0.465 e. The smallest absolute Gasteiger partial charge is 0.337 e. The average molecular weight is 288 g/mol. The van der Waals surface area contributed by atoms with E-state index in [0.29, 0.717) is 11.5 Å². The topological polar surface area (TPSA) is 67.4 Å². The van der Waals surface area contributed by atoms with Gasteiger partial charge in [0.05, 0.1) is 24.3 Å². The van der Waals surface area contributed by atoms with Gasteiger partial charge in [-0.2, -0.15) is 0 Å². The summed E-state index contributed by atoms with van der Waals surface area (Å²) in [6.45, 7) is 2.91. The molecule has 1 saturated carbocycles. The van der Waals surface area contributed by atoms with Crippen molar-refractivity contribution < 1.29 is 14.3 Å². The third-order valence-corrected chi connectivity index (χ3v) is 4.62. The number of amides is 1. The Bertz CT molecular complexity index is 556. The van der Waals surface area contributed by atoms with Crippen LogP contribution in [0.15, 0.2) is 24.3 Å². The summed E-state index contributed by atoms with van der Waals surface area (Å²) < 4.78 is 4.67. The third-order valence-electron chi connectivity index (χ3n) is 4.62. The van der Waals surface area contributed by atoms with Crippen molar-refractivity contribution in [1.29, 1.82) is 0 Å². The maximum atomic E-state index is 12.4. The Hall–Kier alpha value is -1.88. The molecule has 0 spiro atoms. The highest BCUT2D eigenvalue weighted by Gasteiger charge is 2.55. The lowest BCUT2D eigenvalue weighted by Gasteiger charge is -2.36. The molecule has 3 aliphatic rings. The molecule has 2 heterocycles. The Kier molecular flexibility index (Phi) is 3.45. The summed E-state index contributed by atoms with van der Waals surface area (Å²) >= 11 is 0. The van der Waals surface area contributed by atoms with E-state index < -0.39 is 0 Å². The number of benzene rings is 1. The summed E-state index contributed by atoms with van der Waals surface area (Å²) in [5.41, 5.74) is 1.16. The van der Waals surface area contributed by atoms with Crippen LogP contribution in [-0.2, 0) is 9.53 Å². The SMILES string of the molecule is COC(=O)c1ccc([C@H](C)NC(=O)C23CC(CN2)C3)cc1. The number of ether oxygens (including phenoxy) is 1. The highest BCUT2D eigenvalue weighted by Crippen LogP contribution is 2.43. The number of rotatable bonds is 4. The molecule has 5 nitrogen and oxygen atoms in total. The van der Waals surface area contributed by atoms with E-state index in [0.717, 1.165) is 24.9 Å². The second-order valence-corrected chi connectivity index (χ2v) is 6.05. The minimum atomic E-state index is -0.354. The standard InChI is InChI=1S/C16H20N2O3/c1-10(12-3-5-13(6-4-12)14(19)21-2)18-15(20)16-7-11(8-16)9-17-16/h3-6,10-11,17H,7-9H2,1-2H3,(H,18,20)/t10-,11?,16?/m0/s1. The van der Waals surface area contributed by atoms with Gasteiger partial charge in [-0.1, -0.05) is 12.1 Å². The molecule has 0 radical (unpaired) electrons. The molecule has 1 aromatic rings. The first-order valence-electron chi connectivity index (χ1n) is 7.28. The zero-order valence-electron chi connectivity index (χ0n) is 12.3. The number of hydrogen-bond donors (Lipinski definition) is 2. The number of nitrogens with one attached hydrogen (secondary N) is 2. The number of fused-ring (bicyclic) bond motifs is 1. The first kappa shape index (κ1) is 14.1. The quantitative estimate of drug-likeness (QED) is 0.822. The van der Waals surface area contributed by atoms with Crippen molar-refractivity contribution in [3.05, 3.63) is 35.4 Å². The fourth-order valence-corrected chi connectivity index (χ4v) is 3.26. The second-order valence-electron chi connectivity index (χ2n) is 6.05. The zero-order valence-corrected chi connectivity index (χ0v) is 12.3. The van der Waals surface area contributed by atoms with Crippen molar-refractivity contribution in [2.24, 2.45) is 5.92 Å². The van der Waals surface area contributed by atoms with E-state index in [1.54, 1.807) is 12.1 Å². The summed E-state index contributed by atoms with van der Waals surface area (Å²) in [6, 6.07) is 7.05. The maximum Gasteiger partial charge on any atom is 0.337 e. The van der Waals surface area contributed by atoms with Crippen molar-refractivity contribution >= 4 is 11.9 Å². The van der Waals surface area contributed by atoms with E-state index in [-0.39, 0.29) is 23.5 Å². The Balaban J connectivity index is 1.64. The van der Waals surface area contributed by atoms with Gasteiger partial charge in [0.2, 0.25) is 5.91 Å². The highest BCUT2D eigenvalue weighted by molar-refractivity contribution is 5.90. The van der Waals surface area contributed by atoms with Gasteiger partial charge >= 0.3 is 5.97 Å². The molecule has 2 saturated heterocycles. The Morgan fingerprint density at radius 1 is 1.33 bits per heavy atom. The minimum absolute atomic E-state index is 0.0833. The lowest BCUT2D eigenvalue weighted by Crippen LogP contribution is -2.56. The molecule has 21 heavy (non-hydrogen) atoms. The molecular weight excluding hydrogens is 268 g/mol. The molecule has 1 amide bonds. The molecule has 2 N–H and O–H groups in total. The van der Waals surface area contributed by atoms with Gasteiger partial charge in [0.25, 0.3) is 0 Å². The Morgan fingerprint density at radius 2 is 2.00 bits per heavy atom. The molecule has 4 rings (SSSR count). The molecule has 0 aromatic heterocycles. The monoisotopic (exact) mass is 288 g/mol. The van der Waals surface area contributed by atoms with Crippen LogP contribution in [0.3, 0.4) is 0 Å². The Labute approximate surface area is 124 Å². The van der Waals surface area contributed by atoms with E-state index in [4.69, 9.17) is 0 Å². The van der Waals surface area contributed by atoms with E-state index in [1.165, 1.54) is 7.11 Å². The number of esters is 1. The van der Waals surface area contributed by atoms with E-state index in [2.05, 4.69) is 15.4 Å². The van der Waals surface area contributed by atoms with E-state index >= 15 is 0 Å². The molecule has 1 atom stereocenters. The van der Waals surface area contributed by atoms with Gasteiger partial charge in [-0.15, -0.1) is 0 Å². The maximum absolute atomic E-state index is 12.4. The Morgan fingerprint density at radius 3 is 2.52 bits per heavy atom. The van der Waals surface area contributed by atoms with Gasteiger partial charge < -0.3 is 15.4 Å². The van der Waals surface area contributed by atoms with Crippen LogP contribution in [0.2, 0.25) is 0 Å². The molecule has 2 bridgehead atoms. The van der Waals surface area contributed by atoms with Crippen LogP contribution in [0, 0.1) is 5.92 Å². The van der Waals surface area contributed by atoms with Crippen molar-refractivity contribution in [1.82, 2.24) is 10.6 Å². The fraction of sp³-hybridized carbons (Fsp3) is 0.500. The summed E-state index contributed by atoms with van der Waals surface area (Å²) in [7, 11) is 1.36. The van der Waals surface area contributed by atoms with Crippen LogP contribution < -0.4 is 10.6 Å². The normalized spacial score (nSPS) is 27.6. The van der Waals surface area contributed by atoms with Crippen molar-refractivity contribution in [2.75, 3.05) is 13.7 Å². The van der Waals surface area contributed by atoms with Crippen molar-refractivity contribution in [3.8, 4) is 0 Å². The van der Waals surface area contributed by atoms with Crippen LogP contribution in [0.5, 0.6) is 0 Å². The molecule has 0 unspecified atom stereocenters. The zero-order chi connectivity index (χ0) is 15.0. The molecule has 2 aliphatic heterocycles. The highest BCUT2D eigenvalue weighted by atomic mass is 16.5. The van der Waals surface area contributed by atoms with Crippen LogP contribution in [0.25, 0.3) is 0 Å². The van der Waals surface area contributed by atoms with Crippen LogP contribution in [0.4, 0.5) is 0 Å². The molecule has 1 aliphatic carbocycles. The summed E-state index contributed by atoms with van der Waals surface area (Å²) in [5, 5.41) is 6.38. The number of hydrogen-bond acceptors (Lipinski definition) is 4. The molecule has 1 aromatic carbocycles. The predicted octanol–water partition coefficient (Wildman–Crippen LogP) is 1.40. The first-order chi connectivity index (χ1) is 10.0. The van der Waals surface area contributed by atoms with Gasteiger partial charge in [0, 0.05) is 0 Å². The van der Waals surface area contributed by atoms with Crippen molar-refractivity contribution in [2.45, 2.75) is 31.3 Å². The molecule has 5 heteroatoms. The largest absolute Gasteiger partial charge is 0.465 e. The fourth-order valence-electron chi connectivity index (χ4n) is 3.26. The number of carbonyl (C=O) groups excluding carboxylic acids is 2. The average Bonchev–Trinajstić information content (AvgIpc) is 3.07. The predicted molar refractivity (Wildman–Crippen MR) is 77.8 cm³/mol. The van der Waals surface area contributed by atoms with Gasteiger partial charge in [-0.05, 0) is 49.9 Å². The molecule has 3 fully saturated rings. The summed E-state index contributed by atoms with van der Waals surface area (Å²) in [4.78, 5) is 23.8. The lowest BCUT2D eigenvalue weighted by atomic mass is 9.73. The van der Waals surface area contributed by atoms with E-state index in [9.17, 15) is 9.59 Å². The van der Waals surface area contributed by atoms with Gasteiger partial charge in [0.15, 0.2) is 0 Å². The third kappa shape index (κ3) is 2.42.